The molecule has 6 nitrogen and oxygen atoms in total. The minimum Gasteiger partial charge on any atom is -0.493 e. The number of nitrogens with zero attached hydrogens (tertiary/aromatic N) is 1. The van der Waals surface area contributed by atoms with E-state index in [2.05, 4.69) is 15.5 Å². The summed E-state index contributed by atoms with van der Waals surface area (Å²) in [5, 5.41) is 10.3. The maximum absolute atomic E-state index is 12.5. The fourth-order valence-corrected chi connectivity index (χ4v) is 3.29. The lowest BCUT2D eigenvalue weighted by Crippen LogP contribution is -2.27. The van der Waals surface area contributed by atoms with E-state index in [0.29, 0.717) is 23.7 Å². The molecule has 1 amide bonds. The van der Waals surface area contributed by atoms with Crippen LogP contribution in [0.15, 0.2) is 18.2 Å². The molecule has 0 spiro atoms. The molecule has 2 N–H and O–H groups in total. The Morgan fingerprint density at radius 1 is 1.16 bits per heavy atom. The fraction of sp³-hybridized carbons (Fsp3) is 0.474. The lowest BCUT2D eigenvalue weighted by atomic mass is 10.1. The SMILES string of the molecule is COc1ccc(CCNC(=O)c2n[nH]c3c2CCCCC3)cc1OC. The molecular formula is C19H25N3O3. The number of carbonyl (C=O) groups is 1. The van der Waals surface area contributed by atoms with Gasteiger partial charge in [0, 0.05) is 17.8 Å². The highest BCUT2D eigenvalue weighted by atomic mass is 16.5. The smallest absolute Gasteiger partial charge is 0.272 e. The number of ether oxygens (including phenoxy) is 2. The van der Waals surface area contributed by atoms with Gasteiger partial charge in [0.15, 0.2) is 17.2 Å². The van der Waals surface area contributed by atoms with E-state index >= 15 is 0 Å². The molecule has 0 aliphatic heterocycles. The minimum absolute atomic E-state index is 0.0973. The van der Waals surface area contributed by atoms with Crippen molar-refractivity contribution in [3.63, 3.8) is 0 Å². The number of benzene rings is 1. The molecule has 0 unspecified atom stereocenters. The summed E-state index contributed by atoms with van der Waals surface area (Å²) in [4.78, 5) is 12.5. The Balaban J connectivity index is 1.59. The number of H-pyrrole nitrogens is 1. The number of hydrogen-bond donors (Lipinski definition) is 2. The van der Waals surface area contributed by atoms with Crippen molar-refractivity contribution in [1.29, 1.82) is 0 Å². The first-order chi connectivity index (χ1) is 12.2. The molecule has 6 heteroatoms. The Hall–Kier alpha value is -2.50. The van der Waals surface area contributed by atoms with Gasteiger partial charge in [-0.1, -0.05) is 12.5 Å². The van der Waals surface area contributed by atoms with E-state index < -0.39 is 0 Å². The molecule has 1 aliphatic rings. The second-order valence-electron chi connectivity index (χ2n) is 6.29. The summed E-state index contributed by atoms with van der Waals surface area (Å²) in [6.07, 6.45) is 6.14. The van der Waals surface area contributed by atoms with E-state index in [1.165, 1.54) is 6.42 Å². The van der Waals surface area contributed by atoms with Gasteiger partial charge in [0.25, 0.3) is 5.91 Å². The number of aromatic nitrogens is 2. The Morgan fingerprint density at radius 2 is 1.96 bits per heavy atom. The van der Waals surface area contributed by atoms with Crippen LogP contribution >= 0.6 is 0 Å². The zero-order valence-corrected chi connectivity index (χ0v) is 14.9. The van der Waals surface area contributed by atoms with Crippen molar-refractivity contribution in [2.75, 3.05) is 20.8 Å². The first kappa shape index (κ1) is 17.3. The van der Waals surface area contributed by atoms with Gasteiger partial charge in [0.1, 0.15) is 0 Å². The van der Waals surface area contributed by atoms with Gasteiger partial charge < -0.3 is 14.8 Å². The van der Waals surface area contributed by atoms with Crippen molar-refractivity contribution >= 4 is 5.91 Å². The molecule has 0 radical (unpaired) electrons. The number of carbonyl (C=O) groups excluding carboxylic acids is 1. The van der Waals surface area contributed by atoms with Gasteiger partial charge in [-0.2, -0.15) is 5.10 Å². The summed E-state index contributed by atoms with van der Waals surface area (Å²) in [6, 6.07) is 5.79. The standard InChI is InChI=1S/C19H25N3O3/c1-24-16-9-8-13(12-17(16)25-2)10-11-20-19(23)18-14-6-4-3-5-7-15(14)21-22-18/h8-9,12H,3-7,10-11H2,1-2H3,(H,20,23)(H,21,22). The number of rotatable bonds is 6. The summed E-state index contributed by atoms with van der Waals surface area (Å²) >= 11 is 0. The van der Waals surface area contributed by atoms with Crippen LogP contribution in [0.4, 0.5) is 0 Å². The van der Waals surface area contributed by atoms with E-state index in [4.69, 9.17) is 9.47 Å². The fourth-order valence-electron chi connectivity index (χ4n) is 3.29. The maximum atomic E-state index is 12.5. The van der Waals surface area contributed by atoms with Crippen molar-refractivity contribution in [2.45, 2.75) is 38.5 Å². The number of amides is 1. The number of fused-ring (bicyclic) bond motifs is 1. The van der Waals surface area contributed by atoms with Gasteiger partial charge in [-0.05, 0) is 49.8 Å². The van der Waals surface area contributed by atoms with E-state index in [1.807, 2.05) is 18.2 Å². The molecule has 2 aromatic rings. The van der Waals surface area contributed by atoms with Crippen molar-refractivity contribution in [1.82, 2.24) is 15.5 Å². The highest BCUT2D eigenvalue weighted by Crippen LogP contribution is 2.27. The van der Waals surface area contributed by atoms with E-state index in [1.54, 1.807) is 14.2 Å². The predicted molar refractivity (Wildman–Crippen MR) is 95.4 cm³/mol. The first-order valence-corrected chi connectivity index (χ1v) is 8.78. The molecule has 0 saturated heterocycles. The van der Waals surface area contributed by atoms with Gasteiger partial charge in [0.05, 0.1) is 14.2 Å². The number of methoxy groups -OCH3 is 2. The third-order valence-corrected chi connectivity index (χ3v) is 4.67. The zero-order chi connectivity index (χ0) is 17.6. The van der Waals surface area contributed by atoms with Gasteiger partial charge in [0.2, 0.25) is 0 Å². The Bertz CT molecular complexity index is 740. The minimum atomic E-state index is -0.0973. The molecule has 0 saturated carbocycles. The zero-order valence-electron chi connectivity index (χ0n) is 14.9. The molecule has 1 aliphatic carbocycles. The molecule has 1 aromatic heterocycles. The van der Waals surface area contributed by atoms with Crippen LogP contribution in [0, 0.1) is 0 Å². The lowest BCUT2D eigenvalue weighted by Gasteiger charge is -2.10. The van der Waals surface area contributed by atoms with E-state index in [0.717, 1.165) is 48.9 Å². The quantitative estimate of drug-likeness (QED) is 0.791. The van der Waals surface area contributed by atoms with E-state index in [-0.39, 0.29) is 5.91 Å². The van der Waals surface area contributed by atoms with Crippen molar-refractivity contribution in [3.8, 4) is 11.5 Å². The maximum Gasteiger partial charge on any atom is 0.272 e. The monoisotopic (exact) mass is 343 g/mol. The third-order valence-electron chi connectivity index (χ3n) is 4.67. The lowest BCUT2D eigenvalue weighted by molar-refractivity contribution is 0.0948. The molecule has 1 aromatic carbocycles. The second kappa shape index (κ2) is 8.05. The van der Waals surface area contributed by atoms with Crippen LogP contribution in [0.1, 0.15) is 46.6 Å². The first-order valence-electron chi connectivity index (χ1n) is 8.78. The average Bonchev–Trinajstić information content (AvgIpc) is 2.90. The largest absolute Gasteiger partial charge is 0.493 e. The summed E-state index contributed by atoms with van der Waals surface area (Å²) < 4.78 is 10.6. The summed E-state index contributed by atoms with van der Waals surface area (Å²) in [6.45, 7) is 0.552. The predicted octanol–water partition coefficient (Wildman–Crippen LogP) is 2.67. The van der Waals surface area contributed by atoms with Gasteiger partial charge in [-0.3, -0.25) is 9.89 Å². The van der Waals surface area contributed by atoms with Crippen molar-refractivity contribution in [2.24, 2.45) is 0 Å². The molecule has 1 heterocycles. The van der Waals surface area contributed by atoms with Crippen LogP contribution in [-0.2, 0) is 19.3 Å². The van der Waals surface area contributed by atoms with Crippen LogP contribution in [0.3, 0.4) is 0 Å². The molecule has 0 atom stereocenters. The van der Waals surface area contributed by atoms with E-state index in [9.17, 15) is 4.79 Å². The van der Waals surface area contributed by atoms with Crippen LogP contribution in [0.5, 0.6) is 11.5 Å². The molecule has 3 rings (SSSR count). The summed E-state index contributed by atoms with van der Waals surface area (Å²) in [7, 11) is 3.23. The third kappa shape index (κ3) is 3.95. The van der Waals surface area contributed by atoms with Crippen LogP contribution in [0.25, 0.3) is 0 Å². The van der Waals surface area contributed by atoms with Crippen molar-refractivity contribution < 1.29 is 14.3 Å². The average molecular weight is 343 g/mol. The number of aryl methyl sites for hydroxylation is 1. The molecular weight excluding hydrogens is 318 g/mol. The molecule has 134 valence electrons. The normalized spacial score (nSPS) is 13.7. The topological polar surface area (TPSA) is 76.2 Å². The van der Waals surface area contributed by atoms with Crippen LogP contribution in [0.2, 0.25) is 0 Å². The molecule has 0 bridgehead atoms. The molecule has 0 fully saturated rings. The second-order valence-corrected chi connectivity index (χ2v) is 6.29. The highest BCUT2D eigenvalue weighted by Gasteiger charge is 2.20. The Labute approximate surface area is 147 Å². The van der Waals surface area contributed by atoms with Gasteiger partial charge in [-0.15, -0.1) is 0 Å². The Morgan fingerprint density at radius 3 is 2.76 bits per heavy atom. The number of aromatic amines is 1. The van der Waals surface area contributed by atoms with Crippen LogP contribution < -0.4 is 14.8 Å². The van der Waals surface area contributed by atoms with Crippen LogP contribution in [-0.4, -0.2) is 36.9 Å². The number of hydrogen-bond acceptors (Lipinski definition) is 4. The Kier molecular flexibility index (Phi) is 5.58. The number of nitrogens with one attached hydrogen (secondary N) is 2. The van der Waals surface area contributed by atoms with Crippen molar-refractivity contribution in [3.05, 3.63) is 40.7 Å². The molecule has 25 heavy (non-hydrogen) atoms. The van der Waals surface area contributed by atoms with Gasteiger partial charge >= 0.3 is 0 Å². The van der Waals surface area contributed by atoms with Gasteiger partial charge in [-0.25, -0.2) is 0 Å². The summed E-state index contributed by atoms with van der Waals surface area (Å²) in [5.41, 5.74) is 3.87. The summed E-state index contributed by atoms with van der Waals surface area (Å²) in [5.74, 6) is 1.30. The highest BCUT2D eigenvalue weighted by molar-refractivity contribution is 5.94.